The Hall–Kier alpha value is -2.01. The quantitative estimate of drug-likeness (QED) is 0.870. The number of nitrogens with one attached hydrogen (secondary N) is 1. The van der Waals surface area contributed by atoms with Gasteiger partial charge in [-0.15, -0.1) is 11.3 Å². The average Bonchev–Trinajstić information content (AvgIpc) is 3.10. The van der Waals surface area contributed by atoms with Crippen molar-refractivity contribution in [2.45, 2.75) is 45.3 Å². The molecular formula is C19H23NO3S. The lowest BCUT2D eigenvalue weighted by Crippen LogP contribution is -2.37. The lowest BCUT2D eigenvalue weighted by Gasteiger charge is -2.18. The van der Waals surface area contributed by atoms with Gasteiger partial charge in [0.1, 0.15) is 5.60 Å². The van der Waals surface area contributed by atoms with Gasteiger partial charge in [0.25, 0.3) is 5.91 Å². The van der Waals surface area contributed by atoms with E-state index in [1.54, 1.807) is 11.3 Å². The summed E-state index contributed by atoms with van der Waals surface area (Å²) < 4.78 is 11.7. The third-order valence-corrected chi connectivity index (χ3v) is 4.81. The van der Waals surface area contributed by atoms with Gasteiger partial charge in [0.15, 0.2) is 18.1 Å². The molecule has 2 heterocycles. The van der Waals surface area contributed by atoms with E-state index < -0.39 is 0 Å². The van der Waals surface area contributed by atoms with Crippen LogP contribution in [0.2, 0.25) is 0 Å². The number of carbonyl (C=O) groups excluding carboxylic acids is 1. The lowest BCUT2D eigenvalue weighted by atomic mass is 10.0. The monoisotopic (exact) mass is 345 g/mol. The number of rotatable bonds is 6. The molecule has 0 spiro atoms. The van der Waals surface area contributed by atoms with E-state index in [1.165, 1.54) is 4.88 Å². The first-order valence-electron chi connectivity index (χ1n) is 8.18. The second-order valence-electron chi connectivity index (χ2n) is 6.82. The summed E-state index contributed by atoms with van der Waals surface area (Å²) in [7, 11) is 0. The summed E-state index contributed by atoms with van der Waals surface area (Å²) in [5.74, 6) is 1.29. The van der Waals surface area contributed by atoms with Gasteiger partial charge in [-0.3, -0.25) is 4.79 Å². The van der Waals surface area contributed by atoms with E-state index in [0.29, 0.717) is 5.75 Å². The zero-order valence-electron chi connectivity index (χ0n) is 14.3. The molecule has 0 fully saturated rings. The SMILES string of the molecule is C[C@H](Cc1cccs1)NC(=O)COc1cccc2c1OC(C)(C)C2. The van der Waals surface area contributed by atoms with Crippen molar-refractivity contribution in [1.29, 1.82) is 0 Å². The summed E-state index contributed by atoms with van der Waals surface area (Å²) in [4.78, 5) is 13.4. The van der Waals surface area contributed by atoms with Gasteiger partial charge in [-0.05, 0) is 38.3 Å². The van der Waals surface area contributed by atoms with Gasteiger partial charge >= 0.3 is 0 Å². The molecule has 0 radical (unpaired) electrons. The van der Waals surface area contributed by atoms with Crippen LogP contribution in [0.15, 0.2) is 35.7 Å². The maximum absolute atomic E-state index is 12.1. The van der Waals surface area contributed by atoms with E-state index >= 15 is 0 Å². The zero-order chi connectivity index (χ0) is 17.2. The summed E-state index contributed by atoms with van der Waals surface area (Å²) in [6.07, 6.45) is 1.69. The zero-order valence-corrected chi connectivity index (χ0v) is 15.1. The van der Waals surface area contributed by atoms with Crippen molar-refractivity contribution in [3.8, 4) is 11.5 Å². The second kappa shape index (κ2) is 6.85. The minimum absolute atomic E-state index is 0.00494. The van der Waals surface area contributed by atoms with E-state index in [1.807, 2.05) is 36.6 Å². The molecule has 24 heavy (non-hydrogen) atoms. The van der Waals surface area contributed by atoms with E-state index in [2.05, 4.69) is 25.2 Å². The molecule has 1 aliphatic rings. The van der Waals surface area contributed by atoms with Crippen molar-refractivity contribution >= 4 is 17.2 Å². The molecule has 0 saturated carbocycles. The molecule has 1 aromatic heterocycles. The Bertz CT molecular complexity index is 709. The predicted octanol–water partition coefficient (Wildman–Crippen LogP) is 3.59. The number of ether oxygens (including phenoxy) is 2. The Morgan fingerprint density at radius 2 is 2.21 bits per heavy atom. The van der Waals surface area contributed by atoms with Crippen LogP contribution in [0.1, 0.15) is 31.2 Å². The number of amides is 1. The van der Waals surface area contributed by atoms with Gasteiger partial charge in [0.2, 0.25) is 0 Å². The number of hydrogen-bond donors (Lipinski definition) is 1. The number of carbonyl (C=O) groups is 1. The summed E-state index contributed by atoms with van der Waals surface area (Å²) in [6, 6.07) is 10.0. The molecular weight excluding hydrogens is 322 g/mol. The number of para-hydroxylation sites is 1. The highest BCUT2D eigenvalue weighted by molar-refractivity contribution is 7.09. The van der Waals surface area contributed by atoms with E-state index in [0.717, 1.165) is 24.2 Å². The van der Waals surface area contributed by atoms with Gasteiger partial charge in [0.05, 0.1) is 0 Å². The van der Waals surface area contributed by atoms with Crippen LogP contribution in [0.5, 0.6) is 11.5 Å². The predicted molar refractivity (Wildman–Crippen MR) is 96.0 cm³/mol. The van der Waals surface area contributed by atoms with Crippen LogP contribution in [0.3, 0.4) is 0 Å². The molecule has 1 amide bonds. The van der Waals surface area contributed by atoms with E-state index in [9.17, 15) is 4.79 Å². The number of hydrogen-bond acceptors (Lipinski definition) is 4. The fourth-order valence-electron chi connectivity index (χ4n) is 2.94. The van der Waals surface area contributed by atoms with Gasteiger partial charge in [-0.25, -0.2) is 0 Å². The van der Waals surface area contributed by atoms with Gasteiger partial charge in [0, 0.05) is 29.3 Å². The van der Waals surface area contributed by atoms with Crippen LogP contribution in [0, 0.1) is 0 Å². The van der Waals surface area contributed by atoms with Crippen LogP contribution < -0.4 is 14.8 Å². The van der Waals surface area contributed by atoms with Gasteiger partial charge in [-0.1, -0.05) is 18.2 Å². The normalized spacial score (nSPS) is 16.1. The number of benzene rings is 1. The molecule has 0 aliphatic carbocycles. The molecule has 3 rings (SSSR count). The minimum Gasteiger partial charge on any atom is -0.483 e. The summed E-state index contributed by atoms with van der Waals surface area (Å²) in [5.41, 5.74) is 0.906. The Labute approximate surface area is 146 Å². The average molecular weight is 345 g/mol. The first kappa shape index (κ1) is 16.8. The van der Waals surface area contributed by atoms with Crippen molar-refractivity contribution in [2.75, 3.05) is 6.61 Å². The van der Waals surface area contributed by atoms with Crippen LogP contribution >= 0.6 is 11.3 Å². The summed E-state index contributed by atoms with van der Waals surface area (Å²) in [6.45, 7) is 6.10. The lowest BCUT2D eigenvalue weighted by molar-refractivity contribution is -0.123. The van der Waals surface area contributed by atoms with Crippen molar-refractivity contribution in [1.82, 2.24) is 5.32 Å². The van der Waals surface area contributed by atoms with Crippen LogP contribution in [0.25, 0.3) is 0 Å². The highest BCUT2D eigenvalue weighted by atomic mass is 32.1. The molecule has 2 aromatic rings. The first-order valence-corrected chi connectivity index (χ1v) is 9.06. The van der Waals surface area contributed by atoms with Crippen LogP contribution in [-0.4, -0.2) is 24.2 Å². The fourth-order valence-corrected chi connectivity index (χ4v) is 3.78. The number of thiophene rings is 1. The third kappa shape index (κ3) is 4.09. The van der Waals surface area contributed by atoms with Crippen molar-refractivity contribution in [3.63, 3.8) is 0 Å². The Morgan fingerprint density at radius 3 is 2.96 bits per heavy atom. The molecule has 1 aromatic carbocycles. The molecule has 1 aliphatic heterocycles. The van der Waals surface area contributed by atoms with E-state index in [-0.39, 0.29) is 24.2 Å². The largest absolute Gasteiger partial charge is 0.483 e. The highest BCUT2D eigenvalue weighted by Gasteiger charge is 2.32. The fraction of sp³-hybridized carbons (Fsp3) is 0.421. The maximum atomic E-state index is 12.1. The highest BCUT2D eigenvalue weighted by Crippen LogP contribution is 2.41. The molecule has 1 atom stereocenters. The first-order chi connectivity index (χ1) is 11.4. The minimum atomic E-state index is -0.223. The van der Waals surface area contributed by atoms with Gasteiger partial charge < -0.3 is 14.8 Å². The third-order valence-electron chi connectivity index (χ3n) is 3.91. The molecule has 1 N–H and O–H groups in total. The summed E-state index contributed by atoms with van der Waals surface area (Å²) >= 11 is 1.70. The molecule has 5 heteroatoms. The molecule has 128 valence electrons. The maximum Gasteiger partial charge on any atom is 0.258 e. The van der Waals surface area contributed by atoms with Crippen molar-refractivity contribution in [2.24, 2.45) is 0 Å². The van der Waals surface area contributed by atoms with E-state index in [4.69, 9.17) is 9.47 Å². The topological polar surface area (TPSA) is 47.6 Å². The standard InChI is InChI=1S/C19H23NO3S/c1-13(10-15-7-5-9-24-15)20-17(21)12-22-16-8-4-6-14-11-19(2,3)23-18(14)16/h4-9,13H,10-12H2,1-3H3,(H,20,21)/t13-/m1/s1. The van der Waals surface area contributed by atoms with Crippen molar-refractivity contribution < 1.29 is 14.3 Å². The Balaban J connectivity index is 1.53. The number of fused-ring (bicyclic) bond motifs is 1. The van der Waals surface area contributed by atoms with Crippen LogP contribution in [0.4, 0.5) is 0 Å². The molecule has 0 saturated heterocycles. The van der Waals surface area contributed by atoms with Crippen molar-refractivity contribution in [3.05, 3.63) is 46.2 Å². The Kier molecular flexibility index (Phi) is 4.81. The van der Waals surface area contributed by atoms with Gasteiger partial charge in [-0.2, -0.15) is 0 Å². The molecule has 0 bridgehead atoms. The Morgan fingerprint density at radius 1 is 1.38 bits per heavy atom. The second-order valence-corrected chi connectivity index (χ2v) is 7.86. The summed E-state index contributed by atoms with van der Waals surface area (Å²) in [5, 5.41) is 5.02. The smallest absolute Gasteiger partial charge is 0.258 e. The van der Waals surface area contributed by atoms with Crippen LogP contribution in [-0.2, 0) is 17.6 Å². The molecule has 4 nitrogen and oxygen atoms in total. The molecule has 0 unspecified atom stereocenters.